The normalized spacial score (nSPS) is 16.4. The van der Waals surface area contributed by atoms with Gasteiger partial charge in [-0.2, -0.15) is 13.2 Å². The lowest BCUT2D eigenvalue weighted by atomic mass is 9.99. The minimum absolute atomic E-state index is 0.0874. The molecule has 1 aliphatic rings. The molecule has 0 aliphatic carbocycles. The highest BCUT2D eigenvalue weighted by Gasteiger charge is 2.37. The van der Waals surface area contributed by atoms with E-state index in [4.69, 9.17) is 0 Å². The van der Waals surface area contributed by atoms with Gasteiger partial charge in [-0.1, -0.05) is 42.5 Å². The smallest absolute Gasteiger partial charge is 0.337 e. The highest BCUT2D eigenvalue weighted by atomic mass is 79.9. The quantitative estimate of drug-likeness (QED) is 0.281. The predicted molar refractivity (Wildman–Crippen MR) is 123 cm³/mol. The molecule has 5 rings (SSSR count). The van der Waals surface area contributed by atoms with Crippen LogP contribution in [0.15, 0.2) is 71.5 Å². The maximum absolute atomic E-state index is 13.9. The van der Waals surface area contributed by atoms with Crippen molar-refractivity contribution in [2.45, 2.75) is 18.5 Å². The number of hydrogen-bond donors (Lipinski definition) is 0. The number of benzene rings is 2. The van der Waals surface area contributed by atoms with E-state index in [1.165, 1.54) is 28.8 Å². The Labute approximate surface area is 201 Å². The molecule has 0 spiro atoms. The molecule has 1 aliphatic heterocycles. The maximum Gasteiger partial charge on any atom is 0.420 e. The molecule has 3 heterocycles. The van der Waals surface area contributed by atoms with Gasteiger partial charge in [0.15, 0.2) is 11.3 Å². The van der Waals surface area contributed by atoms with E-state index in [2.05, 4.69) is 20.9 Å². The molecule has 1 amide bonds. The summed E-state index contributed by atoms with van der Waals surface area (Å²) in [6, 6.07) is 16.1. The molecular weight excluding hydrogens is 514 g/mol. The minimum Gasteiger partial charge on any atom is -0.337 e. The van der Waals surface area contributed by atoms with Gasteiger partial charge in [-0.05, 0) is 57.2 Å². The topological polar surface area (TPSA) is 37.6 Å². The third kappa shape index (κ3) is 4.09. The van der Waals surface area contributed by atoms with Crippen LogP contribution in [0.3, 0.4) is 0 Å². The van der Waals surface area contributed by atoms with Crippen LogP contribution in [0.4, 0.5) is 17.6 Å². The van der Waals surface area contributed by atoms with Crippen molar-refractivity contribution >= 4 is 27.5 Å². The van der Waals surface area contributed by atoms with Crippen molar-refractivity contribution in [3.8, 4) is 11.1 Å². The minimum atomic E-state index is -4.72. The van der Waals surface area contributed by atoms with Crippen molar-refractivity contribution in [3.63, 3.8) is 0 Å². The van der Waals surface area contributed by atoms with Crippen molar-refractivity contribution in [2.75, 3.05) is 13.1 Å². The van der Waals surface area contributed by atoms with E-state index in [9.17, 15) is 22.4 Å². The van der Waals surface area contributed by atoms with Crippen LogP contribution in [0.25, 0.3) is 16.8 Å². The first kappa shape index (κ1) is 22.6. The Morgan fingerprint density at radius 2 is 1.79 bits per heavy atom. The zero-order valence-corrected chi connectivity index (χ0v) is 19.3. The molecule has 2 aromatic carbocycles. The largest absolute Gasteiger partial charge is 0.420 e. The number of hydrogen-bond acceptors (Lipinski definition) is 2. The Hall–Kier alpha value is -3.20. The molecule has 0 bridgehead atoms. The number of pyridine rings is 1. The first-order chi connectivity index (χ1) is 16.2. The van der Waals surface area contributed by atoms with Crippen LogP contribution >= 0.6 is 15.9 Å². The number of amides is 1. The SMILES string of the molecule is O=C(c1nc2c(C(F)(F)F)cc(-c3cccc(F)c3)cn2c1Br)N1CCC(c2ccccc2)C1. The summed E-state index contributed by atoms with van der Waals surface area (Å²) in [5.41, 5.74) is 0.0775. The maximum atomic E-state index is 13.9. The number of carbonyl (C=O) groups excluding carboxylic acids is 1. The number of rotatable bonds is 3. The number of nitrogens with zero attached hydrogens (tertiary/aromatic N) is 3. The highest BCUT2D eigenvalue weighted by Crippen LogP contribution is 2.38. The Morgan fingerprint density at radius 1 is 1.03 bits per heavy atom. The van der Waals surface area contributed by atoms with Crippen molar-refractivity contribution in [2.24, 2.45) is 0 Å². The molecule has 9 heteroatoms. The van der Waals surface area contributed by atoms with Crippen molar-refractivity contribution < 1.29 is 22.4 Å². The molecule has 2 aromatic heterocycles. The Bertz CT molecular complexity index is 1380. The van der Waals surface area contributed by atoms with Gasteiger partial charge in [0, 0.05) is 25.2 Å². The summed E-state index contributed by atoms with van der Waals surface area (Å²) in [5, 5.41) is 0. The molecule has 0 saturated carbocycles. The van der Waals surface area contributed by atoms with Crippen molar-refractivity contribution in [1.82, 2.24) is 14.3 Å². The van der Waals surface area contributed by atoms with Gasteiger partial charge in [0.05, 0.1) is 5.56 Å². The zero-order valence-electron chi connectivity index (χ0n) is 17.7. The van der Waals surface area contributed by atoms with Crippen molar-refractivity contribution in [3.05, 3.63) is 94.1 Å². The molecule has 1 unspecified atom stereocenters. The van der Waals surface area contributed by atoms with Gasteiger partial charge < -0.3 is 4.90 Å². The molecule has 0 N–H and O–H groups in total. The summed E-state index contributed by atoms with van der Waals surface area (Å²) in [4.78, 5) is 19.0. The summed E-state index contributed by atoms with van der Waals surface area (Å²) < 4.78 is 56.8. The fourth-order valence-corrected chi connectivity index (χ4v) is 4.91. The van der Waals surface area contributed by atoms with E-state index in [0.29, 0.717) is 13.1 Å². The lowest BCUT2D eigenvalue weighted by Gasteiger charge is -2.15. The summed E-state index contributed by atoms with van der Waals surface area (Å²) in [5.74, 6) is -0.838. The van der Waals surface area contributed by atoms with E-state index in [1.807, 2.05) is 30.3 Å². The molecule has 1 atom stereocenters. The Balaban J connectivity index is 1.55. The van der Waals surface area contributed by atoms with Crippen LogP contribution < -0.4 is 0 Å². The number of likely N-dealkylation sites (tertiary alicyclic amines) is 1. The van der Waals surface area contributed by atoms with Crippen LogP contribution in [0, 0.1) is 5.82 Å². The molecule has 1 saturated heterocycles. The fourth-order valence-electron chi connectivity index (χ4n) is 4.38. The molecule has 0 radical (unpaired) electrons. The lowest BCUT2D eigenvalue weighted by Crippen LogP contribution is -2.29. The lowest BCUT2D eigenvalue weighted by molar-refractivity contribution is -0.136. The van der Waals surface area contributed by atoms with Gasteiger partial charge in [-0.25, -0.2) is 9.37 Å². The van der Waals surface area contributed by atoms with Gasteiger partial charge in [0.2, 0.25) is 0 Å². The van der Waals surface area contributed by atoms with Gasteiger partial charge in [-0.15, -0.1) is 0 Å². The van der Waals surface area contributed by atoms with E-state index in [1.54, 1.807) is 4.90 Å². The van der Waals surface area contributed by atoms with E-state index >= 15 is 0 Å². The molecular formula is C25H18BrF4N3O. The Kier molecular flexibility index (Phi) is 5.67. The van der Waals surface area contributed by atoms with Gasteiger partial charge in [0.25, 0.3) is 5.91 Å². The Morgan fingerprint density at radius 3 is 2.50 bits per heavy atom. The van der Waals surface area contributed by atoms with E-state index < -0.39 is 23.5 Å². The van der Waals surface area contributed by atoms with Gasteiger partial charge >= 0.3 is 6.18 Å². The summed E-state index contributed by atoms with van der Waals surface area (Å²) >= 11 is 3.29. The van der Waals surface area contributed by atoms with Gasteiger partial charge in [0.1, 0.15) is 10.4 Å². The van der Waals surface area contributed by atoms with Crippen LogP contribution in [0.5, 0.6) is 0 Å². The predicted octanol–water partition coefficient (Wildman–Crippen LogP) is 6.55. The summed E-state index contributed by atoms with van der Waals surface area (Å²) in [6.07, 6.45) is -2.54. The summed E-state index contributed by atoms with van der Waals surface area (Å²) in [7, 11) is 0. The number of halogens is 5. The average Bonchev–Trinajstić information content (AvgIpc) is 3.43. The third-order valence-corrected chi connectivity index (χ3v) is 6.83. The zero-order chi connectivity index (χ0) is 24.0. The fraction of sp³-hybridized carbons (Fsp3) is 0.200. The standard InChI is InChI=1S/C25H18BrF4N3O/c26-22-21(24(34)32-10-9-17(13-32)15-5-2-1-3-6-15)31-23-20(25(28,29)30)12-18(14-33(22)23)16-7-4-8-19(27)11-16/h1-8,11-12,14,17H,9-10,13H2. The first-order valence-corrected chi connectivity index (χ1v) is 11.4. The number of alkyl halides is 3. The van der Waals surface area contributed by atoms with Gasteiger partial charge in [-0.3, -0.25) is 9.20 Å². The first-order valence-electron chi connectivity index (χ1n) is 10.6. The van der Waals surface area contributed by atoms with Crippen molar-refractivity contribution in [1.29, 1.82) is 0 Å². The van der Waals surface area contributed by atoms with Crippen LogP contribution in [0.2, 0.25) is 0 Å². The summed E-state index contributed by atoms with van der Waals surface area (Å²) in [6.45, 7) is 0.948. The van der Waals surface area contributed by atoms with E-state index in [0.717, 1.165) is 24.1 Å². The molecule has 34 heavy (non-hydrogen) atoms. The second-order valence-corrected chi connectivity index (χ2v) is 8.99. The molecule has 174 valence electrons. The number of carbonyl (C=O) groups is 1. The van der Waals surface area contributed by atoms with E-state index in [-0.39, 0.29) is 33.0 Å². The van der Waals surface area contributed by atoms with Crippen LogP contribution in [-0.4, -0.2) is 33.3 Å². The van der Waals surface area contributed by atoms with Crippen LogP contribution in [0.1, 0.15) is 34.0 Å². The third-order valence-electron chi connectivity index (χ3n) is 6.07. The second kappa shape index (κ2) is 8.54. The number of aromatic nitrogens is 2. The molecule has 4 nitrogen and oxygen atoms in total. The molecule has 4 aromatic rings. The monoisotopic (exact) mass is 531 g/mol. The number of imidazole rings is 1. The second-order valence-electron chi connectivity index (χ2n) is 8.24. The van der Waals surface area contributed by atoms with Crippen LogP contribution in [-0.2, 0) is 6.18 Å². The average molecular weight is 532 g/mol. The highest BCUT2D eigenvalue weighted by molar-refractivity contribution is 9.10. The number of fused-ring (bicyclic) bond motifs is 1. The molecule has 1 fully saturated rings.